The first-order chi connectivity index (χ1) is 11.1. The van der Waals surface area contributed by atoms with Crippen LogP contribution in [0.1, 0.15) is 24.1 Å². The molecule has 0 aromatic heterocycles. The molecule has 124 valence electrons. The van der Waals surface area contributed by atoms with Crippen molar-refractivity contribution in [3.63, 3.8) is 0 Å². The zero-order chi connectivity index (χ0) is 16.8. The molecule has 0 fully saturated rings. The molecule has 0 aliphatic rings. The predicted molar refractivity (Wildman–Crippen MR) is 92.8 cm³/mol. The van der Waals surface area contributed by atoms with E-state index in [1.54, 1.807) is 21.3 Å². The lowest BCUT2D eigenvalue weighted by Gasteiger charge is -2.19. The fourth-order valence-electron chi connectivity index (χ4n) is 2.34. The summed E-state index contributed by atoms with van der Waals surface area (Å²) in [4.78, 5) is 0. The van der Waals surface area contributed by atoms with Gasteiger partial charge in [-0.25, -0.2) is 0 Å². The van der Waals surface area contributed by atoms with E-state index in [0.717, 1.165) is 17.1 Å². The zero-order valence-corrected chi connectivity index (χ0v) is 14.6. The lowest BCUT2D eigenvalue weighted by molar-refractivity contribution is 0.323. The van der Waals surface area contributed by atoms with E-state index in [-0.39, 0.29) is 6.04 Å². The third kappa shape index (κ3) is 4.30. The normalized spacial score (nSPS) is 11.9. The third-order valence-electron chi connectivity index (χ3n) is 3.71. The van der Waals surface area contributed by atoms with E-state index in [2.05, 4.69) is 12.2 Å². The number of halogens is 1. The number of hydrogen-bond acceptors (Lipinski definition) is 4. The van der Waals surface area contributed by atoms with Gasteiger partial charge in [-0.2, -0.15) is 0 Å². The molecular weight excluding hydrogens is 314 g/mol. The molecular formula is C18H22ClNO3. The van der Waals surface area contributed by atoms with Crippen molar-refractivity contribution in [2.45, 2.75) is 19.5 Å². The van der Waals surface area contributed by atoms with Crippen molar-refractivity contribution in [3.05, 3.63) is 52.5 Å². The summed E-state index contributed by atoms with van der Waals surface area (Å²) in [5.74, 6) is 1.91. The first kappa shape index (κ1) is 17.4. The molecule has 1 unspecified atom stereocenters. The Morgan fingerprint density at radius 3 is 2.00 bits per heavy atom. The van der Waals surface area contributed by atoms with Gasteiger partial charge in [-0.1, -0.05) is 23.7 Å². The van der Waals surface area contributed by atoms with Crippen molar-refractivity contribution < 1.29 is 14.2 Å². The van der Waals surface area contributed by atoms with E-state index in [1.807, 2.05) is 36.4 Å². The summed E-state index contributed by atoms with van der Waals surface area (Å²) in [5, 5.41) is 4.22. The second kappa shape index (κ2) is 8.09. The molecule has 0 aliphatic carbocycles. The molecule has 0 heterocycles. The SMILES string of the molecule is COc1cc(C(C)NCc2ccc(Cl)cc2)cc(OC)c1OC. The van der Waals surface area contributed by atoms with Crippen LogP contribution in [-0.2, 0) is 6.54 Å². The van der Waals surface area contributed by atoms with Gasteiger partial charge in [-0.15, -0.1) is 0 Å². The summed E-state index contributed by atoms with van der Waals surface area (Å²) in [6.45, 7) is 2.84. The standard InChI is InChI=1S/C18H22ClNO3/c1-12(20-11-13-5-7-15(19)8-6-13)14-9-16(21-2)18(23-4)17(10-14)22-3/h5-10,12,20H,11H2,1-4H3. The van der Waals surface area contributed by atoms with Gasteiger partial charge in [0.15, 0.2) is 11.5 Å². The average molecular weight is 336 g/mol. The average Bonchev–Trinajstić information content (AvgIpc) is 2.59. The first-order valence-corrected chi connectivity index (χ1v) is 7.74. The number of ether oxygens (including phenoxy) is 3. The molecule has 0 saturated carbocycles. The van der Waals surface area contributed by atoms with Crippen molar-refractivity contribution in [1.29, 1.82) is 0 Å². The van der Waals surface area contributed by atoms with Crippen molar-refractivity contribution in [1.82, 2.24) is 5.32 Å². The van der Waals surface area contributed by atoms with Crippen LogP contribution < -0.4 is 19.5 Å². The van der Waals surface area contributed by atoms with Crippen LogP contribution in [0.25, 0.3) is 0 Å². The number of rotatable bonds is 7. The molecule has 2 aromatic carbocycles. The van der Waals surface area contributed by atoms with Crippen LogP contribution in [0.3, 0.4) is 0 Å². The fraction of sp³-hybridized carbons (Fsp3) is 0.333. The van der Waals surface area contributed by atoms with Crippen LogP contribution >= 0.6 is 11.6 Å². The molecule has 0 bridgehead atoms. The van der Waals surface area contributed by atoms with Gasteiger partial charge in [-0.3, -0.25) is 0 Å². The molecule has 2 aromatic rings. The van der Waals surface area contributed by atoms with Crippen LogP contribution in [0.5, 0.6) is 17.2 Å². The minimum Gasteiger partial charge on any atom is -0.493 e. The highest BCUT2D eigenvalue weighted by Gasteiger charge is 2.16. The maximum atomic E-state index is 5.91. The second-order valence-electron chi connectivity index (χ2n) is 5.19. The lowest BCUT2D eigenvalue weighted by atomic mass is 10.1. The third-order valence-corrected chi connectivity index (χ3v) is 3.96. The topological polar surface area (TPSA) is 39.7 Å². The zero-order valence-electron chi connectivity index (χ0n) is 13.9. The van der Waals surface area contributed by atoms with Crippen LogP contribution in [-0.4, -0.2) is 21.3 Å². The van der Waals surface area contributed by atoms with Crippen molar-refractivity contribution in [3.8, 4) is 17.2 Å². The van der Waals surface area contributed by atoms with Gasteiger partial charge in [-0.05, 0) is 42.3 Å². The largest absolute Gasteiger partial charge is 0.493 e. The smallest absolute Gasteiger partial charge is 0.203 e. The van der Waals surface area contributed by atoms with Crippen LogP contribution in [0.2, 0.25) is 5.02 Å². The minimum atomic E-state index is 0.124. The maximum Gasteiger partial charge on any atom is 0.203 e. The molecule has 1 N–H and O–H groups in total. The Hall–Kier alpha value is -1.91. The summed E-state index contributed by atoms with van der Waals surface area (Å²) in [7, 11) is 4.84. The fourth-order valence-corrected chi connectivity index (χ4v) is 2.47. The highest BCUT2D eigenvalue weighted by molar-refractivity contribution is 6.30. The Bertz CT molecular complexity index is 618. The van der Waals surface area contributed by atoms with Crippen LogP contribution in [0.15, 0.2) is 36.4 Å². The molecule has 1 atom stereocenters. The van der Waals surface area contributed by atoms with E-state index in [1.165, 1.54) is 5.56 Å². The molecule has 2 rings (SSSR count). The Morgan fingerprint density at radius 1 is 0.957 bits per heavy atom. The van der Waals surface area contributed by atoms with Gasteiger partial charge in [0.2, 0.25) is 5.75 Å². The number of nitrogens with one attached hydrogen (secondary N) is 1. The predicted octanol–water partition coefficient (Wildman–Crippen LogP) is 4.22. The highest BCUT2D eigenvalue weighted by atomic mass is 35.5. The maximum absolute atomic E-state index is 5.91. The Labute approximate surface area is 142 Å². The molecule has 4 nitrogen and oxygen atoms in total. The van der Waals surface area contributed by atoms with Crippen molar-refractivity contribution >= 4 is 11.6 Å². The van der Waals surface area contributed by atoms with Crippen molar-refractivity contribution in [2.75, 3.05) is 21.3 Å². The van der Waals surface area contributed by atoms with E-state index >= 15 is 0 Å². The summed E-state index contributed by atoms with van der Waals surface area (Å²) in [6.07, 6.45) is 0. The van der Waals surface area contributed by atoms with Gasteiger partial charge in [0.1, 0.15) is 0 Å². The molecule has 0 spiro atoms. The highest BCUT2D eigenvalue weighted by Crippen LogP contribution is 2.39. The van der Waals surface area contributed by atoms with E-state index in [0.29, 0.717) is 17.2 Å². The molecule has 0 aliphatic heterocycles. The monoisotopic (exact) mass is 335 g/mol. The van der Waals surface area contributed by atoms with Gasteiger partial charge in [0, 0.05) is 17.6 Å². The summed E-state index contributed by atoms with van der Waals surface area (Å²) >= 11 is 5.91. The van der Waals surface area contributed by atoms with E-state index < -0.39 is 0 Å². The first-order valence-electron chi connectivity index (χ1n) is 7.36. The number of benzene rings is 2. The van der Waals surface area contributed by atoms with Gasteiger partial charge in [0.05, 0.1) is 21.3 Å². The number of methoxy groups -OCH3 is 3. The Kier molecular flexibility index (Phi) is 6.13. The summed E-state index contributed by atoms with van der Waals surface area (Å²) in [6, 6.07) is 11.8. The lowest BCUT2D eigenvalue weighted by Crippen LogP contribution is -2.18. The number of hydrogen-bond donors (Lipinski definition) is 1. The van der Waals surface area contributed by atoms with Crippen LogP contribution in [0, 0.1) is 0 Å². The molecule has 0 amide bonds. The molecule has 0 radical (unpaired) electrons. The minimum absolute atomic E-state index is 0.124. The Balaban J connectivity index is 2.15. The van der Waals surface area contributed by atoms with E-state index in [4.69, 9.17) is 25.8 Å². The van der Waals surface area contributed by atoms with Gasteiger partial charge >= 0.3 is 0 Å². The Morgan fingerprint density at radius 2 is 1.52 bits per heavy atom. The second-order valence-corrected chi connectivity index (χ2v) is 5.62. The quantitative estimate of drug-likeness (QED) is 0.822. The summed E-state index contributed by atoms with van der Waals surface area (Å²) < 4.78 is 16.1. The van der Waals surface area contributed by atoms with Crippen LogP contribution in [0.4, 0.5) is 0 Å². The van der Waals surface area contributed by atoms with Gasteiger partial charge < -0.3 is 19.5 Å². The molecule has 23 heavy (non-hydrogen) atoms. The summed E-state index contributed by atoms with van der Waals surface area (Å²) in [5.41, 5.74) is 2.24. The van der Waals surface area contributed by atoms with E-state index in [9.17, 15) is 0 Å². The molecule has 0 saturated heterocycles. The van der Waals surface area contributed by atoms with Crippen molar-refractivity contribution in [2.24, 2.45) is 0 Å². The molecule has 5 heteroatoms. The van der Waals surface area contributed by atoms with Gasteiger partial charge in [0.25, 0.3) is 0 Å².